The van der Waals surface area contributed by atoms with Crippen LogP contribution in [-0.2, 0) is 16.4 Å². The molecule has 3 heterocycles. The second kappa shape index (κ2) is 8.29. The zero-order chi connectivity index (χ0) is 21.3. The summed E-state index contributed by atoms with van der Waals surface area (Å²) in [7, 11) is -3.68. The Labute approximate surface area is 177 Å². The molecule has 1 saturated heterocycles. The summed E-state index contributed by atoms with van der Waals surface area (Å²) in [5.41, 5.74) is 0.539. The van der Waals surface area contributed by atoms with Crippen LogP contribution in [0.25, 0.3) is 0 Å². The molecule has 2 aromatic heterocycles. The molecule has 3 aromatic rings. The van der Waals surface area contributed by atoms with Crippen molar-refractivity contribution in [2.24, 2.45) is 0 Å². The number of aromatic nitrogens is 1. The lowest BCUT2D eigenvalue weighted by molar-refractivity contribution is 0.0995. The Kier molecular flexibility index (Phi) is 5.72. The summed E-state index contributed by atoms with van der Waals surface area (Å²) in [6.07, 6.45) is 3.58. The van der Waals surface area contributed by atoms with E-state index in [2.05, 4.69) is 10.3 Å². The van der Waals surface area contributed by atoms with Crippen LogP contribution in [0.15, 0.2) is 45.8 Å². The van der Waals surface area contributed by atoms with Crippen LogP contribution in [-0.4, -0.2) is 36.7 Å². The Morgan fingerprint density at radius 1 is 1.30 bits per heavy atom. The summed E-state index contributed by atoms with van der Waals surface area (Å²) in [4.78, 5) is 17.5. The Hall–Kier alpha value is -2.56. The van der Waals surface area contributed by atoms with E-state index >= 15 is 0 Å². The van der Waals surface area contributed by atoms with Gasteiger partial charge in [0.1, 0.15) is 16.5 Å². The maximum atomic E-state index is 13.8. The first-order chi connectivity index (χ1) is 14.3. The fourth-order valence-corrected chi connectivity index (χ4v) is 5.84. The summed E-state index contributed by atoms with van der Waals surface area (Å²) < 4.78 is 46.1. The van der Waals surface area contributed by atoms with Gasteiger partial charge in [0.25, 0.3) is 5.91 Å². The Balaban J connectivity index is 1.47. The molecular weight excluding hydrogens is 429 g/mol. The lowest BCUT2D eigenvalue weighted by Crippen LogP contribution is -2.28. The van der Waals surface area contributed by atoms with Gasteiger partial charge in [0.05, 0.1) is 0 Å². The smallest absolute Gasteiger partial charge is 0.293 e. The van der Waals surface area contributed by atoms with Crippen LogP contribution in [0.4, 0.5) is 9.52 Å². The minimum absolute atomic E-state index is 0.00827. The van der Waals surface area contributed by atoms with Gasteiger partial charge in [-0.15, -0.1) is 11.3 Å². The van der Waals surface area contributed by atoms with Gasteiger partial charge in [-0.05, 0) is 31.4 Å². The molecule has 4 rings (SSSR count). The molecule has 1 aliphatic rings. The molecule has 0 atom stereocenters. The van der Waals surface area contributed by atoms with Crippen molar-refractivity contribution in [2.45, 2.75) is 31.1 Å². The number of rotatable bonds is 6. The van der Waals surface area contributed by atoms with Crippen LogP contribution < -0.4 is 5.32 Å². The highest BCUT2D eigenvalue weighted by Crippen LogP contribution is 2.28. The fourth-order valence-electron chi connectivity index (χ4n) is 3.34. The number of carbonyl (C=O) groups is 1. The monoisotopic (exact) mass is 449 g/mol. The first-order valence-corrected chi connectivity index (χ1v) is 11.7. The molecule has 1 amide bonds. The number of aryl methyl sites for hydroxylation is 1. The molecule has 1 fully saturated rings. The largest absolute Gasteiger partial charge is 0.455 e. The predicted molar refractivity (Wildman–Crippen MR) is 111 cm³/mol. The fraction of sp³-hybridized carbons (Fsp3) is 0.300. The van der Waals surface area contributed by atoms with Crippen molar-refractivity contribution in [3.05, 3.63) is 64.3 Å². The number of halogens is 1. The number of furan rings is 1. The quantitative estimate of drug-likeness (QED) is 0.618. The van der Waals surface area contributed by atoms with E-state index in [4.69, 9.17) is 4.42 Å². The SMILES string of the molecule is Cc1oc(C(=O)Nc2ncc(Cc3ccccc3F)s2)cc1S(=O)(=O)N1CCCC1. The molecule has 1 aromatic carbocycles. The highest BCUT2D eigenvalue weighted by atomic mass is 32.2. The van der Waals surface area contributed by atoms with Crippen LogP contribution in [0.2, 0.25) is 0 Å². The number of anilines is 1. The van der Waals surface area contributed by atoms with Gasteiger partial charge >= 0.3 is 0 Å². The second-order valence-electron chi connectivity index (χ2n) is 7.00. The van der Waals surface area contributed by atoms with Crippen LogP contribution in [0.5, 0.6) is 0 Å². The summed E-state index contributed by atoms with van der Waals surface area (Å²) in [5, 5.41) is 2.94. The van der Waals surface area contributed by atoms with Crippen LogP contribution in [0.3, 0.4) is 0 Å². The number of benzene rings is 1. The maximum Gasteiger partial charge on any atom is 0.293 e. The lowest BCUT2D eigenvalue weighted by Gasteiger charge is -2.14. The molecule has 1 N–H and O–H groups in total. The van der Waals surface area contributed by atoms with Gasteiger partial charge in [-0.2, -0.15) is 4.31 Å². The Morgan fingerprint density at radius 2 is 2.03 bits per heavy atom. The van der Waals surface area contributed by atoms with E-state index in [0.717, 1.165) is 17.7 Å². The molecule has 7 nitrogen and oxygen atoms in total. The first kappa shape index (κ1) is 20.7. The third kappa shape index (κ3) is 4.16. The molecule has 0 unspecified atom stereocenters. The van der Waals surface area contributed by atoms with E-state index in [9.17, 15) is 17.6 Å². The molecule has 0 saturated carbocycles. The molecule has 0 bridgehead atoms. The van der Waals surface area contributed by atoms with Crippen LogP contribution in [0.1, 0.15) is 39.6 Å². The predicted octanol–water partition coefficient (Wildman–Crippen LogP) is 3.81. The molecule has 158 valence electrons. The van der Waals surface area contributed by atoms with Crippen molar-refractivity contribution in [3.8, 4) is 0 Å². The van der Waals surface area contributed by atoms with Gasteiger partial charge in [0, 0.05) is 36.7 Å². The van der Waals surface area contributed by atoms with Crippen molar-refractivity contribution in [1.29, 1.82) is 0 Å². The van der Waals surface area contributed by atoms with Gasteiger partial charge < -0.3 is 4.42 Å². The third-order valence-electron chi connectivity index (χ3n) is 4.88. The number of carbonyl (C=O) groups excluding carboxylic acids is 1. The molecule has 30 heavy (non-hydrogen) atoms. The highest BCUT2D eigenvalue weighted by Gasteiger charge is 2.31. The number of hydrogen-bond acceptors (Lipinski definition) is 6. The third-order valence-corrected chi connectivity index (χ3v) is 7.79. The average molecular weight is 450 g/mol. The minimum atomic E-state index is -3.68. The topological polar surface area (TPSA) is 92.5 Å². The van der Waals surface area contributed by atoms with Gasteiger partial charge in [-0.3, -0.25) is 10.1 Å². The molecular formula is C20H20FN3O4S2. The van der Waals surface area contributed by atoms with E-state index in [0.29, 0.717) is 30.2 Å². The number of nitrogens with one attached hydrogen (secondary N) is 1. The van der Waals surface area contributed by atoms with E-state index in [-0.39, 0.29) is 22.2 Å². The van der Waals surface area contributed by atoms with Crippen LogP contribution in [0, 0.1) is 12.7 Å². The standard InChI is InChI=1S/C20H20FN3O4S2/c1-13-18(30(26,27)24-8-4-5-9-24)11-17(28-13)19(25)23-20-22-12-15(29-20)10-14-6-2-3-7-16(14)21/h2-3,6-7,11-12H,4-5,8-10H2,1H3,(H,22,23,25). The molecule has 1 aliphatic heterocycles. The van der Waals surface area contributed by atoms with Crippen molar-refractivity contribution in [3.63, 3.8) is 0 Å². The normalized spacial score (nSPS) is 14.9. The van der Waals surface area contributed by atoms with E-state index in [1.54, 1.807) is 24.4 Å². The van der Waals surface area contributed by atoms with Crippen LogP contribution >= 0.6 is 11.3 Å². The maximum absolute atomic E-state index is 13.8. The zero-order valence-electron chi connectivity index (χ0n) is 16.2. The van der Waals surface area contributed by atoms with Gasteiger partial charge in [-0.25, -0.2) is 17.8 Å². The summed E-state index contributed by atoms with van der Waals surface area (Å²) in [6.45, 7) is 2.46. The highest BCUT2D eigenvalue weighted by molar-refractivity contribution is 7.89. The Bertz CT molecular complexity index is 1180. The van der Waals surface area contributed by atoms with E-state index < -0.39 is 15.9 Å². The van der Waals surface area contributed by atoms with Gasteiger partial charge in [0.15, 0.2) is 10.9 Å². The average Bonchev–Trinajstić information content (AvgIpc) is 3.45. The van der Waals surface area contributed by atoms with Crippen molar-refractivity contribution < 1.29 is 22.0 Å². The molecule has 0 spiro atoms. The number of sulfonamides is 1. The number of thiazole rings is 1. The number of nitrogens with zero attached hydrogens (tertiary/aromatic N) is 2. The second-order valence-corrected chi connectivity index (χ2v) is 10.0. The number of hydrogen-bond donors (Lipinski definition) is 1. The van der Waals surface area contributed by atoms with E-state index in [1.165, 1.54) is 34.7 Å². The lowest BCUT2D eigenvalue weighted by atomic mass is 10.1. The summed E-state index contributed by atoms with van der Waals surface area (Å²) in [5.74, 6) is -0.815. The molecule has 0 aliphatic carbocycles. The zero-order valence-corrected chi connectivity index (χ0v) is 17.9. The van der Waals surface area contributed by atoms with E-state index in [1.807, 2.05) is 0 Å². The van der Waals surface area contributed by atoms with Gasteiger partial charge in [-0.1, -0.05) is 18.2 Å². The molecule has 10 heteroatoms. The summed E-state index contributed by atoms with van der Waals surface area (Å²) in [6, 6.07) is 7.73. The Morgan fingerprint density at radius 3 is 2.77 bits per heavy atom. The number of amides is 1. The molecule has 0 radical (unpaired) electrons. The summed E-state index contributed by atoms with van der Waals surface area (Å²) >= 11 is 1.22. The minimum Gasteiger partial charge on any atom is -0.455 e. The van der Waals surface area contributed by atoms with Gasteiger partial charge in [0.2, 0.25) is 10.0 Å². The van der Waals surface area contributed by atoms with Crippen molar-refractivity contribution >= 4 is 32.4 Å². The first-order valence-electron chi connectivity index (χ1n) is 9.44. The van der Waals surface area contributed by atoms with Crippen molar-refractivity contribution in [2.75, 3.05) is 18.4 Å². The van der Waals surface area contributed by atoms with Crippen molar-refractivity contribution in [1.82, 2.24) is 9.29 Å².